The third-order valence-corrected chi connectivity index (χ3v) is 4.24. The predicted octanol–water partition coefficient (Wildman–Crippen LogP) is 3.09. The summed E-state index contributed by atoms with van der Waals surface area (Å²) in [5.74, 6) is -1.07. The summed E-state index contributed by atoms with van der Waals surface area (Å²) in [6, 6.07) is 7.07. The van der Waals surface area contributed by atoms with Gasteiger partial charge in [0, 0.05) is 29.7 Å². The summed E-state index contributed by atoms with van der Waals surface area (Å²) in [5, 5.41) is 28.1. The molecule has 3 heterocycles. The Kier molecular flexibility index (Phi) is 3.65. The Balaban J connectivity index is 1.84. The summed E-state index contributed by atoms with van der Waals surface area (Å²) in [5.41, 5.74) is 2.54. The SMILES string of the molecule is CCn1c(O)c(C=Nc2ccc3cn[nH]c3c2)c2cc(C(=O)O)cnc21. The zero-order chi connectivity index (χ0) is 18.3. The Hall–Kier alpha value is -3.68. The van der Waals surface area contributed by atoms with Crippen LogP contribution in [0.1, 0.15) is 22.8 Å². The molecule has 0 aliphatic heterocycles. The van der Waals surface area contributed by atoms with Gasteiger partial charge in [-0.05, 0) is 31.2 Å². The van der Waals surface area contributed by atoms with E-state index in [-0.39, 0.29) is 11.4 Å². The van der Waals surface area contributed by atoms with Crippen molar-refractivity contribution in [2.24, 2.45) is 4.99 Å². The minimum absolute atomic E-state index is 0.00362. The molecule has 0 saturated carbocycles. The molecule has 0 fully saturated rings. The molecule has 0 unspecified atom stereocenters. The molecule has 0 radical (unpaired) electrons. The number of hydrogen-bond acceptors (Lipinski definition) is 5. The Labute approximate surface area is 147 Å². The molecular weight excluding hydrogens is 334 g/mol. The normalized spacial score (nSPS) is 11.7. The molecule has 4 aromatic rings. The summed E-state index contributed by atoms with van der Waals surface area (Å²) < 4.78 is 1.61. The first kappa shape index (κ1) is 15.8. The molecule has 0 bridgehead atoms. The van der Waals surface area contributed by atoms with Gasteiger partial charge in [0.15, 0.2) is 0 Å². The average molecular weight is 349 g/mol. The number of benzene rings is 1. The number of aromatic amines is 1. The van der Waals surface area contributed by atoms with Gasteiger partial charge in [-0.15, -0.1) is 0 Å². The lowest BCUT2D eigenvalue weighted by atomic mass is 10.2. The van der Waals surface area contributed by atoms with Gasteiger partial charge < -0.3 is 10.2 Å². The van der Waals surface area contributed by atoms with Crippen LogP contribution in [0.5, 0.6) is 5.88 Å². The Morgan fingerprint density at radius 1 is 1.35 bits per heavy atom. The number of rotatable bonds is 4. The number of aromatic nitrogens is 4. The third-order valence-electron chi connectivity index (χ3n) is 4.24. The van der Waals surface area contributed by atoms with Gasteiger partial charge in [-0.2, -0.15) is 5.10 Å². The number of aromatic carboxylic acids is 1. The maximum Gasteiger partial charge on any atom is 0.337 e. The van der Waals surface area contributed by atoms with E-state index in [9.17, 15) is 15.0 Å². The van der Waals surface area contributed by atoms with Crippen LogP contribution in [0.3, 0.4) is 0 Å². The van der Waals surface area contributed by atoms with E-state index in [1.54, 1.807) is 10.8 Å². The topological polar surface area (TPSA) is 116 Å². The number of carboxylic acids is 1. The number of fused-ring (bicyclic) bond motifs is 2. The maximum atomic E-state index is 11.2. The van der Waals surface area contributed by atoms with Crippen LogP contribution in [0.2, 0.25) is 0 Å². The van der Waals surface area contributed by atoms with Crippen LogP contribution in [0, 0.1) is 0 Å². The van der Waals surface area contributed by atoms with Gasteiger partial charge in [-0.3, -0.25) is 14.7 Å². The molecule has 0 aliphatic carbocycles. The number of aliphatic imine (C=N–C) groups is 1. The quantitative estimate of drug-likeness (QED) is 0.490. The van der Waals surface area contributed by atoms with Crippen LogP contribution in [0.4, 0.5) is 5.69 Å². The fourth-order valence-corrected chi connectivity index (χ4v) is 2.93. The van der Waals surface area contributed by atoms with Crippen molar-refractivity contribution < 1.29 is 15.0 Å². The first-order valence-corrected chi connectivity index (χ1v) is 8.00. The van der Waals surface area contributed by atoms with Crippen molar-refractivity contribution in [1.29, 1.82) is 0 Å². The van der Waals surface area contributed by atoms with Crippen molar-refractivity contribution in [3.05, 3.63) is 47.8 Å². The smallest absolute Gasteiger partial charge is 0.337 e. The van der Waals surface area contributed by atoms with Crippen LogP contribution in [-0.2, 0) is 6.54 Å². The minimum Gasteiger partial charge on any atom is -0.494 e. The van der Waals surface area contributed by atoms with Crippen LogP contribution >= 0.6 is 0 Å². The minimum atomic E-state index is -1.07. The summed E-state index contributed by atoms with van der Waals surface area (Å²) >= 11 is 0. The van der Waals surface area contributed by atoms with Crippen molar-refractivity contribution >= 4 is 39.8 Å². The maximum absolute atomic E-state index is 11.2. The van der Waals surface area contributed by atoms with E-state index in [0.29, 0.717) is 28.8 Å². The van der Waals surface area contributed by atoms with E-state index in [1.165, 1.54) is 18.5 Å². The number of aromatic hydroxyl groups is 1. The van der Waals surface area contributed by atoms with Gasteiger partial charge in [-0.1, -0.05) is 0 Å². The first-order valence-electron chi connectivity index (χ1n) is 8.00. The standard InChI is InChI=1S/C18H15N5O3/c1-2-23-16-13(5-11(7-20-16)18(25)26)14(17(23)24)9-19-12-4-3-10-8-21-22-15(10)6-12/h3-9,24H,2H2,1H3,(H,21,22)(H,25,26). The molecule has 0 amide bonds. The number of H-pyrrole nitrogens is 1. The fourth-order valence-electron chi connectivity index (χ4n) is 2.93. The van der Waals surface area contributed by atoms with E-state index < -0.39 is 5.97 Å². The molecule has 0 aliphatic rings. The molecule has 0 spiro atoms. The van der Waals surface area contributed by atoms with Crippen molar-refractivity contribution in [2.75, 3.05) is 0 Å². The molecule has 1 aromatic carbocycles. The van der Waals surface area contributed by atoms with Crippen molar-refractivity contribution in [2.45, 2.75) is 13.5 Å². The average Bonchev–Trinajstić information content (AvgIpc) is 3.20. The summed E-state index contributed by atoms with van der Waals surface area (Å²) in [7, 11) is 0. The van der Waals surface area contributed by atoms with Crippen LogP contribution in [-0.4, -0.2) is 42.1 Å². The molecule has 3 aromatic heterocycles. The number of carboxylic acid groups (broad SMARTS) is 1. The number of pyridine rings is 1. The molecule has 8 heteroatoms. The zero-order valence-corrected chi connectivity index (χ0v) is 13.8. The van der Waals surface area contributed by atoms with E-state index >= 15 is 0 Å². The first-order chi connectivity index (χ1) is 12.6. The van der Waals surface area contributed by atoms with Crippen molar-refractivity contribution in [3.8, 4) is 5.88 Å². The largest absolute Gasteiger partial charge is 0.494 e. The van der Waals surface area contributed by atoms with Gasteiger partial charge in [0.2, 0.25) is 5.88 Å². The number of nitrogens with zero attached hydrogens (tertiary/aromatic N) is 4. The van der Waals surface area contributed by atoms with Crippen LogP contribution in [0.25, 0.3) is 21.9 Å². The van der Waals surface area contributed by atoms with E-state index in [4.69, 9.17) is 0 Å². The number of aryl methyl sites for hydroxylation is 1. The molecule has 0 saturated heterocycles. The van der Waals surface area contributed by atoms with Gasteiger partial charge in [0.25, 0.3) is 0 Å². The molecule has 0 atom stereocenters. The Morgan fingerprint density at radius 2 is 2.19 bits per heavy atom. The van der Waals surface area contributed by atoms with E-state index in [2.05, 4.69) is 20.2 Å². The number of carbonyl (C=O) groups is 1. The Morgan fingerprint density at radius 3 is 2.96 bits per heavy atom. The highest BCUT2D eigenvalue weighted by Crippen LogP contribution is 2.30. The molecule has 26 heavy (non-hydrogen) atoms. The predicted molar refractivity (Wildman–Crippen MR) is 97.4 cm³/mol. The van der Waals surface area contributed by atoms with Gasteiger partial charge in [0.1, 0.15) is 5.65 Å². The lowest BCUT2D eigenvalue weighted by Crippen LogP contribution is -1.99. The van der Waals surface area contributed by atoms with Crippen molar-refractivity contribution in [1.82, 2.24) is 19.7 Å². The highest BCUT2D eigenvalue weighted by Gasteiger charge is 2.17. The molecule has 130 valence electrons. The third kappa shape index (κ3) is 2.48. The highest BCUT2D eigenvalue weighted by atomic mass is 16.4. The number of hydrogen-bond donors (Lipinski definition) is 3. The monoisotopic (exact) mass is 349 g/mol. The second kappa shape index (κ2) is 5.99. The molecule has 8 nitrogen and oxygen atoms in total. The number of nitrogens with one attached hydrogen (secondary N) is 1. The summed E-state index contributed by atoms with van der Waals surface area (Å²) in [6.07, 6.45) is 4.53. The Bertz CT molecular complexity index is 1170. The molecule has 3 N–H and O–H groups in total. The van der Waals surface area contributed by atoms with Crippen LogP contribution < -0.4 is 0 Å². The second-order valence-electron chi connectivity index (χ2n) is 5.78. The van der Waals surface area contributed by atoms with Crippen molar-refractivity contribution in [3.63, 3.8) is 0 Å². The summed E-state index contributed by atoms with van der Waals surface area (Å²) in [6.45, 7) is 2.37. The van der Waals surface area contributed by atoms with Gasteiger partial charge in [0.05, 0.1) is 28.5 Å². The summed E-state index contributed by atoms with van der Waals surface area (Å²) in [4.78, 5) is 19.9. The molecular formula is C18H15N5O3. The second-order valence-corrected chi connectivity index (χ2v) is 5.78. The molecule has 4 rings (SSSR count). The van der Waals surface area contributed by atoms with Gasteiger partial charge in [-0.25, -0.2) is 9.78 Å². The van der Waals surface area contributed by atoms with E-state index in [0.717, 1.165) is 10.9 Å². The lowest BCUT2D eigenvalue weighted by molar-refractivity contribution is 0.0696. The van der Waals surface area contributed by atoms with Crippen LogP contribution in [0.15, 0.2) is 41.7 Å². The fraction of sp³-hybridized carbons (Fsp3) is 0.111. The van der Waals surface area contributed by atoms with E-state index in [1.807, 2.05) is 25.1 Å². The lowest BCUT2D eigenvalue weighted by Gasteiger charge is -2.01. The highest BCUT2D eigenvalue weighted by molar-refractivity contribution is 6.04. The van der Waals surface area contributed by atoms with Gasteiger partial charge >= 0.3 is 5.97 Å². The zero-order valence-electron chi connectivity index (χ0n) is 13.8.